The molecule has 1 fully saturated rings. The van der Waals surface area contributed by atoms with Crippen LogP contribution in [0.2, 0.25) is 0 Å². The topological polar surface area (TPSA) is 170 Å². The maximum absolute atomic E-state index is 15.1. The Bertz CT molecular complexity index is 1820. The fourth-order valence-electron chi connectivity index (χ4n) is 8.28. The summed E-state index contributed by atoms with van der Waals surface area (Å²) < 4.78 is 21.0. The molecule has 3 amide bonds. The summed E-state index contributed by atoms with van der Waals surface area (Å²) in [5.74, 6) is -2.72. The number of likely N-dealkylation sites (N-methyl/N-ethyl adjacent to an activating group) is 1. The average Bonchev–Trinajstić information content (AvgIpc) is 3.70. The number of halogens is 1. The molecular weight excluding hydrogens is 824 g/mol. The first-order valence-corrected chi connectivity index (χ1v) is 24.0. The Balaban J connectivity index is 1.96. The van der Waals surface area contributed by atoms with Crippen molar-refractivity contribution in [3.05, 3.63) is 45.7 Å². The van der Waals surface area contributed by atoms with E-state index >= 15 is 4.39 Å². The molecule has 0 saturated carbocycles. The van der Waals surface area contributed by atoms with Gasteiger partial charge in [0.05, 0.1) is 17.1 Å². The molecule has 1 aliphatic heterocycles. The number of carbonyl (C=O) groups is 5. The quantitative estimate of drug-likeness (QED) is 0.0559. The van der Waals surface area contributed by atoms with E-state index in [4.69, 9.17) is 4.74 Å². The van der Waals surface area contributed by atoms with Crippen molar-refractivity contribution in [2.75, 3.05) is 25.5 Å². The van der Waals surface area contributed by atoms with Gasteiger partial charge < -0.3 is 30.7 Å². The summed E-state index contributed by atoms with van der Waals surface area (Å²) in [6, 6.07) is 2.60. The summed E-state index contributed by atoms with van der Waals surface area (Å²) in [7, 11) is 1.96. The van der Waals surface area contributed by atoms with Gasteiger partial charge in [0.1, 0.15) is 22.6 Å². The predicted molar refractivity (Wildman–Crippen MR) is 248 cm³/mol. The Morgan fingerprint density at radius 3 is 2.35 bits per heavy atom. The molecule has 15 heteroatoms. The van der Waals surface area contributed by atoms with Gasteiger partial charge in [0.15, 0.2) is 6.10 Å². The molecule has 354 valence electrons. The number of esters is 1. The molecule has 0 spiro atoms. The molecule has 3 rings (SSSR count). The number of amides is 3. The Labute approximate surface area is 380 Å². The second-order valence-corrected chi connectivity index (χ2v) is 20.1. The van der Waals surface area contributed by atoms with Crippen molar-refractivity contribution in [2.24, 2.45) is 23.2 Å². The zero-order valence-corrected chi connectivity index (χ0v) is 40.8. The van der Waals surface area contributed by atoms with Crippen molar-refractivity contribution in [2.45, 2.75) is 177 Å². The number of hydrogen-bond acceptors (Lipinski definition) is 10. The summed E-state index contributed by atoms with van der Waals surface area (Å²) in [4.78, 5) is 76.3. The molecule has 4 N–H and O–H groups in total. The van der Waals surface area contributed by atoms with Crippen LogP contribution >= 0.6 is 11.3 Å². The number of aliphatic carboxylic acids is 1. The third-order valence-electron chi connectivity index (χ3n) is 12.3. The lowest BCUT2D eigenvalue weighted by Crippen LogP contribution is -2.59. The van der Waals surface area contributed by atoms with Crippen molar-refractivity contribution in [1.29, 1.82) is 0 Å². The Morgan fingerprint density at radius 2 is 1.76 bits per heavy atom. The maximum Gasteiger partial charge on any atom is 0.309 e. The molecule has 1 saturated heterocycles. The minimum Gasteiger partial charge on any atom is -0.481 e. The number of ether oxygens (including phenoxy) is 1. The number of nitrogens with zero attached hydrogens (tertiary/aromatic N) is 3. The number of benzene rings is 1. The first-order chi connectivity index (χ1) is 29.6. The van der Waals surface area contributed by atoms with Crippen LogP contribution in [-0.2, 0) is 30.3 Å². The van der Waals surface area contributed by atoms with Crippen LogP contribution < -0.4 is 16.0 Å². The van der Waals surface area contributed by atoms with Crippen LogP contribution in [0, 0.1) is 29.0 Å². The first kappa shape index (κ1) is 53.2. The Hall–Kier alpha value is -4.11. The highest BCUT2D eigenvalue weighted by molar-refractivity contribution is 7.09. The van der Waals surface area contributed by atoms with E-state index in [1.165, 1.54) is 13.0 Å². The third-order valence-corrected chi connectivity index (χ3v) is 13.3. The predicted octanol–water partition coefficient (Wildman–Crippen LogP) is 8.63. The van der Waals surface area contributed by atoms with Crippen molar-refractivity contribution in [3.8, 4) is 0 Å². The lowest BCUT2D eigenvalue weighted by molar-refractivity contribution is -0.150. The summed E-state index contributed by atoms with van der Waals surface area (Å²) >= 11 is 1.16. The number of carboxylic acid groups (broad SMARTS) is 1. The van der Waals surface area contributed by atoms with Crippen LogP contribution in [0.15, 0.2) is 23.6 Å². The van der Waals surface area contributed by atoms with Gasteiger partial charge in [-0.05, 0) is 109 Å². The zero-order chi connectivity index (χ0) is 47.2. The number of thiazole rings is 1. The summed E-state index contributed by atoms with van der Waals surface area (Å²) in [5, 5.41) is 21.1. The molecule has 7 atom stereocenters. The van der Waals surface area contributed by atoms with Crippen LogP contribution in [-0.4, -0.2) is 99.9 Å². The SMILES string of the molecule is CCCCCCN(C(=O)[C@@H](NC(=O)[C@H]1C[C@H](C)CCN1C)[C@@H](C)CC)[C@H](C[C@@H](OC(C)=O)c1nc(C(=O)N[C@@H](Cc2ccc(NC(C)C)c(F)c2)CC(C)(C)C(=O)O)cs1)C(C)C. The average molecular weight is 901 g/mol. The summed E-state index contributed by atoms with van der Waals surface area (Å²) in [6.07, 6.45) is 5.68. The van der Waals surface area contributed by atoms with Crippen molar-refractivity contribution in [1.82, 2.24) is 25.4 Å². The number of likely N-dealkylation sites (tertiary alicyclic amines) is 1. The van der Waals surface area contributed by atoms with Crippen LogP contribution in [0.1, 0.15) is 161 Å². The van der Waals surface area contributed by atoms with Crippen LogP contribution in [0.4, 0.5) is 10.1 Å². The minimum absolute atomic E-state index is 0.0178. The number of unbranched alkanes of at least 4 members (excludes halogenated alkanes) is 3. The van der Waals surface area contributed by atoms with Gasteiger partial charge in [-0.15, -0.1) is 11.3 Å². The summed E-state index contributed by atoms with van der Waals surface area (Å²) in [5.41, 5.74) is -0.221. The third kappa shape index (κ3) is 16.1. The molecule has 63 heavy (non-hydrogen) atoms. The van der Waals surface area contributed by atoms with Gasteiger partial charge in [-0.1, -0.05) is 73.3 Å². The molecule has 2 heterocycles. The van der Waals surface area contributed by atoms with E-state index in [0.29, 0.717) is 35.1 Å². The molecule has 1 aromatic carbocycles. The molecule has 0 unspecified atom stereocenters. The molecule has 0 bridgehead atoms. The summed E-state index contributed by atoms with van der Waals surface area (Å²) in [6.45, 7) is 21.9. The molecule has 1 aliphatic rings. The lowest BCUT2D eigenvalue weighted by atomic mass is 9.84. The van der Waals surface area contributed by atoms with E-state index in [0.717, 1.165) is 56.4 Å². The van der Waals surface area contributed by atoms with Gasteiger partial charge in [0.25, 0.3) is 5.91 Å². The van der Waals surface area contributed by atoms with E-state index in [2.05, 4.69) is 39.7 Å². The smallest absolute Gasteiger partial charge is 0.309 e. The van der Waals surface area contributed by atoms with Gasteiger partial charge in [0.2, 0.25) is 11.8 Å². The van der Waals surface area contributed by atoms with Crippen molar-refractivity contribution >= 4 is 46.7 Å². The highest BCUT2D eigenvalue weighted by Gasteiger charge is 2.39. The number of hydrogen-bond donors (Lipinski definition) is 4. The van der Waals surface area contributed by atoms with E-state index in [-0.39, 0.29) is 60.7 Å². The van der Waals surface area contributed by atoms with Gasteiger partial charge in [-0.25, -0.2) is 9.37 Å². The number of anilines is 1. The fourth-order valence-corrected chi connectivity index (χ4v) is 9.12. The van der Waals surface area contributed by atoms with E-state index < -0.39 is 53.3 Å². The normalized spacial score (nSPS) is 18.3. The molecule has 13 nitrogen and oxygen atoms in total. The zero-order valence-electron chi connectivity index (χ0n) is 40.0. The highest BCUT2D eigenvalue weighted by atomic mass is 32.1. The number of piperidine rings is 1. The maximum atomic E-state index is 15.1. The van der Waals surface area contributed by atoms with E-state index in [9.17, 15) is 29.1 Å². The molecule has 1 aromatic heterocycles. The molecule has 0 radical (unpaired) electrons. The first-order valence-electron chi connectivity index (χ1n) is 23.1. The standard InChI is InChI=1S/C48H77FN6O7S/c1-13-15-16-17-21-55(46(59)42(32(8)14-2)53-44(58)40-23-31(7)20-22-54(40)12)39(29(3)4)26-41(62-33(9)56)45-52-38(28-63-45)43(57)51-35(27-48(10,11)47(60)61)24-34-18-19-37(36(49)25-34)50-30(5)6/h18-19,25,28-32,35,39-42,50H,13-17,20-24,26-27H2,1-12H3,(H,51,57)(H,53,58)(H,60,61)/t31-,32+,35+,39-,40-,41-,42+/m1/s1. The molecule has 2 aromatic rings. The van der Waals surface area contributed by atoms with Crippen LogP contribution in [0.5, 0.6) is 0 Å². The van der Waals surface area contributed by atoms with Crippen molar-refractivity contribution in [3.63, 3.8) is 0 Å². The Morgan fingerprint density at radius 1 is 1.06 bits per heavy atom. The second kappa shape index (κ2) is 24.8. The van der Waals surface area contributed by atoms with Gasteiger partial charge in [-0.3, -0.25) is 28.9 Å². The fraction of sp³-hybridized carbons (Fsp3) is 0.708. The van der Waals surface area contributed by atoms with E-state index in [1.807, 2.05) is 53.5 Å². The number of rotatable bonds is 25. The minimum atomic E-state index is -1.21. The lowest BCUT2D eigenvalue weighted by Gasteiger charge is -2.40. The second-order valence-electron chi connectivity index (χ2n) is 19.2. The van der Waals surface area contributed by atoms with Crippen molar-refractivity contribution < 1.29 is 38.2 Å². The van der Waals surface area contributed by atoms with Gasteiger partial charge >= 0.3 is 11.9 Å². The monoisotopic (exact) mass is 901 g/mol. The van der Waals surface area contributed by atoms with Crippen LogP contribution in [0.25, 0.3) is 0 Å². The number of carbonyl (C=O) groups excluding carboxylic acids is 4. The van der Waals surface area contributed by atoms with Gasteiger partial charge in [0, 0.05) is 43.4 Å². The van der Waals surface area contributed by atoms with E-state index in [1.54, 1.807) is 31.4 Å². The van der Waals surface area contributed by atoms with Crippen LogP contribution in [0.3, 0.4) is 0 Å². The number of carboxylic acids is 1. The number of aromatic nitrogens is 1. The number of nitrogens with one attached hydrogen (secondary N) is 3. The highest BCUT2D eigenvalue weighted by Crippen LogP contribution is 2.33. The van der Waals surface area contributed by atoms with Gasteiger partial charge in [-0.2, -0.15) is 0 Å². The molecule has 0 aliphatic carbocycles. The Kier molecular flexibility index (Phi) is 21.0. The molecular formula is C48H77FN6O7S. The largest absolute Gasteiger partial charge is 0.481 e.